The predicted octanol–water partition coefficient (Wildman–Crippen LogP) is 1.74. The van der Waals surface area contributed by atoms with Gasteiger partial charge in [0.2, 0.25) is 0 Å². The Morgan fingerprint density at radius 1 is 1.36 bits per heavy atom. The van der Waals surface area contributed by atoms with Crippen molar-refractivity contribution in [3.63, 3.8) is 0 Å². The molecule has 1 aromatic carbocycles. The van der Waals surface area contributed by atoms with Crippen LogP contribution in [0.15, 0.2) is 24.3 Å². The number of carbonyl (C=O) groups excluding carboxylic acids is 1. The van der Waals surface area contributed by atoms with Crippen LogP contribution in [0.5, 0.6) is 0 Å². The maximum atomic E-state index is 12.7. The minimum absolute atomic E-state index is 0.252. The molecule has 0 unspecified atom stereocenters. The molecule has 0 amide bonds. The monoisotopic (exact) mass is 194 g/mol. The van der Waals surface area contributed by atoms with Crippen molar-refractivity contribution in [2.45, 2.75) is 0 Å². The summed E-state index contributed by atoms with van der Waals surface area (Å²) in [7, 11) is 0. The Hall–Kier alpha value is -1.97. The number of aldehydes is 1. The number of hydrogen-bond donors (Lipinski definition) is 1. The van der Waals surface area contributed by atoms with E-state index in [1.54, 1.807) is 0 Å². The van der Waals surface area contributed by atoms with E-state index in [4.69, 9.17) is 5.11 Å². The zero-order chi connectivity index (χ0) is 10.6. The molecule has 0 atom stereocenters. The van der Waals surface area contributed by atoms with Crippen LogP contribution in [0.4, 0.5) is 4.39 Å². The fraction of sp³-hybridized carbons (Fsp3) is 0. The average Bonchev–Trinajstić information content (AvgIpc) is 2.15. The molecule has 0 aliphatic heterocycles. The number of rotatable bonds is 3. The molecule has 3 nitrogen and oxygen atoms in total. The van der Waals surface area contributed by atoms with Gasteiger partial charge in [0.1, 0.15) is 5.82 Å². The first-order valence-corrected chi connectivity index (χ1v) is 3.79. The smallest absolute Gasteiger partial charge is 0.328 e. The lowest BCUT2D eigenvalue weighted by Gasteiger charge is -1.97. The van der Waals surface area contributed by atoms with Crippen LogP contribution in [0.2, 0.25) is 0 Å². The van der Waals surface area contributed by atoms with Crippen molar-refractivity contribution < 1.29 is 19.1 Å². The second-order valence-electron chi connectivity index (χ2n) is 2.56. The summed E-state index contributed by atoms with van der Waals surface area (Å²) in [6.07, 6.45) is 2.57. The van der Waals surface area contributed by atoms with Crippen LogP contribution in [0.1, 0.15) is 15.9 Å². The largest absolute Gasteiger partial charge is 0.478 e. The molecule has 0 heterocycles. The first-order chi connectivity index (χ1) is 6.63. The Labute approximate surface area is 79.5 Å². The first kappa shape index (κ1) is 10.1. The molecule has 14 heavy (non-hydrogen) atoms. The van der Waals surface area contributed by atoms with E-state index in [0.717, 1.165) is 18.2 Å². The molecule has 0 saturated heterocycles. The minimum atomic E-state index is -1.15. The standard InChI is InChI=1S/C10H7FO3/c11-9-3-1-8(6-12)7(5-9)2-4-10(13)14/h1-6H,(H,13,14). The highest BCUT2D eigenvalue weighted by molar-refractivity contribution is 5.89. The lowest BCUT2D eigenvalue weighted by Crippen LogP contribution is -1.90. The number of carboxylic acid groups (broad SMARTS) is 1. The lowest BCUT2D eigenvalue weighted by atomic mass is 10.1. The molecule has 0 fully saturated rings. The van der Waals surface area contributed by atoms with Gasteiger partial charge in [0.25, 0.3) is 0 Å². The van der Waals surface area contributed by atoms with E-state index >= 15 is 0 Å². The van der Waals surface area contributed by atoms with Crippen LogP contribution in [0.25, 0.3) is 6.08 Å². The summed E-state index contributed by atoms with van der Waals surface area (Å²) in [6, 6.07) is 3.54. The van der Waals surface area contributed by atoms with Gasteiger partial charge < -0.3 is 5.11 Å². The molecule has 0 aliphatic carbocycles. The van der Waals surface area contributed by atoms with Crippen LogP contribution in [0, 0.1) is 5.82 Å². The van der Waals surface area contributed by atoms with Crippen molar-refractivity contribution >= 4 is 18.3 Å². The Morgan fingerprint density at radius 3 is 2.64 bits per heavy atom. The molecular weight excluding hydrogens is 187 g/mol. The van der Waals surface area contributed by atoms with Gasteiger partial charge in [-0.3, -0.25) is 4.79 Å². The van der Waals surface area contributed by atoms with Crippen molar-refractivity contribution in [2.75, 3.05) is 0 Å². The normalized spacial score (nSPS) is 10.4. The summed E-state index contributed by atoms with van der Waals surface area (Å²) in [5.41, 5.74) is 0.506. The van der Waals surface area contributed by atoms with E-state index in [0.29, 0.717) is 6.29 Å². The molecule has 1 N–H and O–H groups in total. The molecule has 0 saturated carbocycles. The highest BCUT2D eigenvalue weighted by Gasteiger charge is 2.00. The van der Waals surface area contributed by atoms with E-state index in [2.05, 4.69) is 0 Å². The Bertz CT molecular complexity index is 396. The highest BCUT2D eigenvalue weighted by atomic mass is 19.1. The van der Waals surface area contributed by atoms with Gasteiger partial charge in [-0.15, -0.1) is 0 Å². The topological polar surface area (TPSA) is 54.4 Å². The van der Waals surface area contributed by atoms with Crippen molar-refractivity contribution in [3.05, 3.63) is 41.2 Å². The van der Waals surface area contributed by atoms with Crippen molar-refractivity contribution in [1.29, 1.82) is 0 Å². The maximum absolute atomic E-state index is 12.7. The molecule has 0 aliphatic rings. The molecule has 0 aromatic heterocycles. The Kier molecular flexibility index (Phi) is 3.12. The van der Waals surface area contributed by atoms with E-state index in [-0.39, 0.29) is 11.1 Å². The van der Waals surface area contributed by atoms with E-state index in [9.17, 15) is 14.0 Å². The SMILES string of the molecule is O=Cc1ccc(F)cc1C=CC(=O)O. The third-order valence-corrected chi connectivity index (χ3v) is 1.58. The van der Waals surface area contributed by atoms with Gasteiger partial charge in [0.15, 0.2) is 6.29 Å². The van der Waals surface area contributed by atoms with Gasteiger partial charge in [0, 0.05) is 11.6 Å². The van der Waals surface area contributed by atoms with Crippen LogP contribution >= 0.6 is 0 Å². The van der Waals surface area contributed by atoms with Gasteiger partial charge >= 0.3 is 5.97 Å². The second-order valence-corrected chi connectivity index (χ2v) is 2.56. The van der Waals surface area contributed by atoms with E-state index in [1.807, 2.05) is 0 Å². The van der Waals surface area contributed by atoms with Crippen LogP contribution < -0.4 is 0 Å². The lowest BCUT2D eigenvalue weighted by molar-refractivity contribution is -0.131. The Morgan fingerprint density at radius 2 is 2.07 bits per heavy atom. The number of carboxylic acids is 1. The van der Waals surface area contributed by atoms with Gasteiger partial charge in [-0.25, -0.2) is 9.18 Å². The van der Waals surface area contributed by atoms with Gasteiger partial charge in [0.05, 0.1) is 0 Å². The zero-order valence-electron chi connectivity index (χ0n) is 7.11. The molecular formula is C10H7FO3. The third kappa shape index (κ3) is 2.52. The van der Waals surface area contributed by atoms with Gasteiger partial charge in [-0.1, -0.05) is 0 Å². The predicted molar refractivity (Wildman–Crippen MR) is 48.5 cm³/mol. The highest BCUT2D eigenvalue weighted by Crippen LogP contribution is 2.11. The molecule has 1 aromatic rings. The van der Waals surface area contributed by atoms with Crippen molar-refractivity contribution in [2.24, 2.45) is 0 Å². The summed E-state index contributed by atoms with van der Waals surface area (Å²) < 4.78 is 12.7. The second kappa shape index (κ2) is 4.32. The summed E-state index contributed by atoms with van der Waals surface area (Å²) in [5.74, 6) is -1.66. The number of hydrogen-bond acceptors (Lipinski definition) is 2. The van der Waals surface area contributed by atoms with Crippen LogP contribution in [-0.2, 0) is 4.79 Å². The number of aliphatic carboxylic acids is 1. The fourth-order valence-corrected chi connectivity index (χ4v) is 0.958. The van der Waals surface area contributed by atoms with Crippen LogP contribution in [-0.4, -0.2) is 17.4 Å². The fourth-order valence-electron chi connectivity index (χ4n) is 0.958. The molecule has 72 valence electrons. The molecule has 4 heteroatoms. The van der Waals surface area contributed by atoms with Gasteiger partial charge in [-0.2, -0.15) is 0 Å². The molecule has 0 bridgehead atoms. The number of carbonyl (C=O) groups is 2. The third-order valence-electron chi connectivity index (χ3n) is 1.58. The maximum Gasteiger partial charge on any atom is 0.328 e. The first-order valence-electron chi connectivity index (χ1n) is 3.79. The summed E-state index contributed by atoms with van der Waals surface area (Å²) in [5, 5.41) is 8.34. The number of benzene rings is 1. The quantitative estimate of drug-likeness (QED) is 0.589. The number of halogens is 1. The molecule has 1 rings (SSSR count). The van der Waals surface area contributed by atoms with Crippen molar-refractivity contribution in [3.8, 4) is 0 Å². The molecule has 0 spiro atoms. The van der Waals surface area contributed by atoms with Gasteiger partial charge in [-0.05, 0) is 29.8 Å². The van der Waals surface area contributed by atoms with E-state index < -0.39 is 11.8 Å². The minimum Gasteiger partial charge on any atom is -0.478 e. The van der Waals surface area contributed by atoms with Crippen molar-refractivity contribution in [1.82, 2.24) is 0 Å². The van der Waals surface area contributed by atoms with Crippen LogP contribution in [0.3, 0.4) is 0 Å². The summed E-state index contributed by atoms with van der Waals surface area (Å²) >= 11 is 0. The summed E-state index contributed by atoms with van der Waals surface area (Å²) in [6.45, 7) is 0. The van der Waals surface area contributed by atoms with E-state index in [1.165, 1.54) is 12.1 Å². The zero-order valence-corrected chi connectivity index (χ0v) is 7.11. The average molecular weight is 194 g/mol. The molecule has 0 radical (unpaired) electrons. The summed E-state index contributed by atoms with van der Waals surface area (Å²) in [4.78, 5) is 20.7. The Balaban J connectivity index is 3.10.